The second-order valence-electron chi connectivity index (χ2n) is 13.8. The van der Waals surface area contributed by atoms with E-state index in [0.717, 1.165) is 86.6 Å². The van der Waals surface area contributed by atoms with E-state index in [2.05, 4.69) is 23.6 Å². The summed E-state index contributed by atoms with van der Waals surface area (Å²) in [5.74, 6) is 0.789. The highest BCUT2D eigenvalue weighted by atomic mass is 32.2. The Balaban J connectivity index is 1.32. The van der Waals surface area contributed by atoms with E-state index < -0.39 is 23.5 Å². The number of hydrogen-bond donors (Lipinski definition) is 2. The molecule has 1 aliphatic carbocycles. The average Bonchev–Trinajstić information content (AvgIpc) is 3.94. The van der Waals surface area contributed by atoms with Crippen LogP contribution in [-0.4, -0.2) is 28.6 Å². The molecular formula is C43H38F6N3O6S4+. The van der Waals surface area contributed by atoms with Crippen LogP contribution in [0.25, 0.3) is 16.3 Å². The highest BCUT2D eigenvalue weighted by Crippen LogP contribution is 2.49. The Kier molecular flexibility index (Phi) is 15.4. The van der Waals surface area contributed by atoms with Gasteiger partial charge in [0.1, 0.15) is 4.70 Å². The lowest BCUT2D eigenvalue weighted by atomic mass is 10.1. The largest absolute Gasteiger partial charge is 0.416 e. The van der Waals surface area contributed by atoms with Gasteiger partial charge in [0.2, 0.25) is 5.52 Å². The summed E-state index contributed by atoms with van der Waals surface area (Å²) < 4.78 is 94.8. The molecule has 2 aliphatic rings. The van der Waals surface area contributed by atoms with Crippen LogP contribution in [0, 0.1) is 0 Å². The summed E-state index contributed by atoms with van der Waals surface area (Å²) in [4.78, 5) is 4.69. The number of benzene rings is 4. The Morgan fingerprint density at radius 1 is 0.742 bits per heavy atom. The number of aromatic nitrogens is 1. The molecule has 0 saturated carbocycles. The van der Waals surface area contributed by atoms with Crippen molar-refractivity contribution in [3.05, 3.63) is 153 Å². The van der Waals surface area contributed by atoms with Crippen LogP contribution in [0.2, 0.25) is 0 Å². The van der Waals surface area contributed by atoms with Crippen molar-refractivity contribution < 1.29 is 60.2 Å². The van der Waals surface area contributed by atoms with Crippen molar-refractivity contribution in [1.82, 2.24) is 0 Å². The summed E-state index contributed by atoms with van der Waals surface area (Å²) in [6.45, 7) is 0.713. The lowest BCUT2D eigenvalue weighted by Gasteiger charge is -2.28. The Labute approximate surface area is 369 Å². The van der Waals surface area contributed by atoms with Crippen molar-refractivity contribution in [3.63, 3.8) is 0 Å². The summed E-state index contributed by atoms with van der Waals surface area (Å²) in [6, 6.07) is 27.1. The number of alkyl halides is 6. The zero-order valence-electron chi connectivity index (χ0n) is 32.5. The fourth-order valence-electron chi connectivity index (χ4n) is 7.17. The van der Waals surface area contributed by atoms with Crippen LogP contribution >= 0.6 is 47.2 Å². The van der Waals surface area contributed by atoms with Gasteiger partial charge >= 0.3 is 12.4 Å². The summed E-state index contributed by atoms with van der Waals surface area (Å²) in [7, 11) is 0. The molecule has 2 N–H and O–H groups in total. The first-order valence-electron chi connectivity index (χ1n) is 19.1. The lowest BCUT2D eigenvalue weighted by molar-refractivity contribution is -0.668. The maximum absolute atomic E-state index is 13.9. The molecular weight excluding hydrogens is 897 g/mol. The number of aryl methyl sites for hydroxylation is 1. The van der Waals surface area contributed by atoms with Gasteiger partial charge in [-0.25, -0.2) is 10.5 Å². The normalized spacial score (nSPS) is 15.9. The topological polar surface area (TPSA) is 87.7 Å². The first-order valence-corrected chi connectivity index (χ1v) is 22.5. The van der Waals surface area contributed by atoms with E-state index in [-0.39, 0.29) is 0 Å². The summed E-state index contributed by atoms with van der Waals surface area (Å²) in [5.41, 5.74) is 3.96. The minimum absolute atomic E-state index is 0.357. The SMILES string of the molecule is OOOSCCCN1C(=CC=C2CCC(C=Cc3sc4ccc(C(F)(F)F)cc4[n+]3CCCSOOO)=C2N(c2ccccc2)c2ccccc2)Sc2ccc(C(F)(F)F)cc21. The minimum Gasteiger partial charge on any atom is -0.335 e. The Bertz CT molecular complexity index is 2410. The first kappa shape index (κ1) is 45.7. The number of halogens is 6. The van der Waals surface area contributed by atoms with E-state index in [1.165, 1.54) is 35.2 Å². The molecule has 0 spiro atoms. The maximum Gasteiger partial charge on any atom is 0.416 e. The monoisotopic (exact) mass is 934 g/mol. The number of nitrogens with zero attached hydrogens (tertiary/aromatic N) is 3. The third kappa shape index (κ3) is 11.1. The van der Waals surface area contributed by atoms with Crippen LogP contribution in [0.5, 0.6) is 0 Å². The van der Waals surface area contributed by atoms with Crippen LogP contribution in [0.15, 0.2) is 142 Å². The standard InChI is InChI=1S/C43H37F6N3O6S4/c44-42(45,46)31-17-19-37-35(27-31)50(23-7-25-59-57-55-53)39(61-37)21-15-29-13-14-30(41(29)52(33-9-3-1-4-10-33)34-11-5-2-6-12-34)16-22-40-51(24-8-26-60-58-56-54)36-28-32(43(47,48)49)18-20-38(36)62-40/h1-6,9-12,15-22,27-28H,7-8,13-14,23-26H2,(H-,53,54)/p+1. The second-order valence-corrected chi connectivity index (χ2v) is 17.4. The summed E-state index contributed by atoms with van der Waals surface area (Å²) >= 11 is 4.49. The van der Waals surface area contributed by atoms with Crippen molar-refractivity contribution >= 4 is 80.5 Å². The van der Waals surface area contributed by atoms with Gasteiger partial charge in [-0.05, 0) is 97.2 Å². The van der Waals surface area contributed by atoms with E-state index in [1.54, 1.807) is 0 Å². The number of thiazole rings is 1. The Morgan fingerprint density at radius 3 is 2.02 bits per heavy atom. The number of anilines is 3. The van der Waals surface area contributed by atoms with Crippen molar-refractivity contribution in [3.8, 4) is 0 Å². The maximum atomic E-state index is 13.9. The molecule has 0 saturated heterocycles. The van der Waals surface area contributed by atoms with Gasteiger partial charge in [0.15, 0.2) is 6.54 Å². The van der Waals surface area contributed by atoms with Gasteiger partial charge in [-0.2, -0.15) is 30.9 Å². The van der Waals surface area contributed by atoms with Gasteiger partial charge in [0, 0.05) is 77.0 Å². The zero-order valence-corrected chi connectivity index (χ0v) is 35.7. The molecule has 9 nitrogen and oxygen atoms in total. The van der Waals surface area contributed by atoms with E-state index in [0.29, 0.717) is 71.1 Å². The fraction of sp³-hybridized carbons (Fsp3) is 0.233. The molecule has 19 heteroatoms. The van der Waals surface area contributed by atoms with Crippen molar-refractivity contribution in [2.75, 3.05) is 27.9 Å². The number of allylic oxidation sites excluding steroid dienone is 5. The molecule has 1 aliphatic heterocycles. The number of rotatable bonds is 18. The molecule has 0 radical (unpaired) electrons. The molecule has 2 heterocycles. The van der Waals surface area contributed by atoms with Crippen molar-refractivity contribution in [1.29, 1.82) is 0 Å². The molecule has 0 atom stereocenters. The predicted molar refractivity (Wildman–Crippen MR) is 232 cm³/mol. The molecule has 326 valence electrons. The molecule has 4 aromatic carbocycles. The Hall–Kier alpha value is -4.28. The van der Waals surface area contributed by atoms with Gasteiger partial charge in [0.05, 0.1) is 27.5 Å². The molecule has 0 fully saturated rings. The van der Waals surface area contributed by atoms with Gasteiger partial charge in [-0.1, -0.05) is 75.6 Å². The van der Waals surface area contributed by atoms with Crippen molar-refractivity contribution in [2.24, 2.45) is 0 Å². The third-order valence-corrected chi connectivity index (χ3v) is 13.4. The van der Waals surface area contributed by atoms with Crippen LogP contribution < -0.4 is 14.4 Å². The zero-order chi connectivity index (χ0) is 43.7. The van der Waals surface area contributed by atoms with Crippen molar-refractivity contribution in [2.45, 2.75) is 49.5 Å². The molecule has 0 bridgehead atoms. The number of para-hydroxylation sites is 2. The smallest absolute Gasteiger partial charge is 0.335 e. The third-order valence-electron chi connectivity index (χ3n) is 9.87. The van der Waals surface area contributed by atoms with Gasteiger partial charge in [0.25, 0.3) is 5.01 Å². The van der Waals surface area contributed by atoms with Crippen LogP contribution in [-0.2, 0) is 37.6 Å². The highest BCUT2D eigenvalue weighted by Gasteiger charge is 2.35. The summed E-state index contributed by atoms with van der Waals surface area (Å²) in [6.07, 6.45) is 1.03. The van der Waals surface area contributed by atoms with Gasteiger partial charge < -0.3 is 9.80 Å². The molecule has 0 amide bonds. The lowest BCUT2D eigenvalue weighted by Crippen LogP contribution is -2.35. The molecule has 7 rings (SSSR count). The second kappa shape index (κ2) is 20.9. The summed E-state index contributed by atoms with van der Waals surface area (Å²) in [5, 5.41) is 25.9. The van der Waals surface area contributed by atoms with Crippen LogP contribution in [0.4, 0.5) is 43.4 Å². The average molecular weight is 935 g/mol. The highest BCUT2D eigenvalue weighted by molar-refractivity contribution is 8.03. The Morgan fingerprint density at radius 2 is 1.37 bits per heavy atom. The minimum atomic E-state index is -4.53. The number of hydrogen-bond acceptors (Lipinski definition) is 12. The fourth-order valence-corrected chi connectivity index (χ4v) is 10.0. The molecule has 0 unspecified atom stereocenters. The van der Waals surface area contributed by atoms with Crippen LogP contribution in [0.1, 0.15) is 41.8 Å². The number of thioether (sulfide) groups is 1. The quantitative estimate of drug-likeness (QED) is 0.0220. The van der Waals surface area contributed by atoms with E-state index in [4.69, 9.17) is 10.5 Å². The molecule has 1 aromatic heterocycles. The predicted octanol–water partition coefficient (Wildman–Crippen LogP) is 13.4. The van der Waals surface area contributed by atoms with Crippen LogP contribution in [0.3, 0.4) is 0 Å². The van der Waals surface area contributed by atoms with Gasteiger partial charge in [-0.3, -0.25) is 0 Å². The van der Waals surface area contributed by atoms with E-state index in [9.17, 15) is 26.3 Å². The van der Waals surface area contributed by atoms with E-state index in [1.807, 2.05) is 94.4 Å². The molecule has 5 aromatic rings. The number of fused-ring (bicyclic) bond motifs is 2. The first-order chi connectivity index (χ1) is 30.0. The van der Waals surface area contributed by atoms with E-state index >= 15 is 0 Å². The van der Waals surface area contributed by atoms with Gasteiger partial charge in [-0.15, -0.1) is 8.67 Å². The molecule has 62 heavy (non-hydrogen) atoms.